The molecule has 2 heterocycles. The van der Waals surface area contributed by atoms with Gasteiger partial charge in [-0.15, -0.1) is 0 Å². The molecule has 0 radical (unpaired) electrons. The minimum atomic E-state index is -0.318. The second kappa shape index (κ2) is 10.3. The van der Waals surface area contributed by atoms with Crippen molar-refractivity contribution >= 4 is 6.09 Å². The standard InChI is InChI=1S/C44H53NO4/c1-26-21-39-43(45(24-26)40(47)48-25-37-32-11-7-5-9-30(32)31-10-6-8-12-33(31)37)20-19-42(43,4)44(49-39)18-16-34-35-14-13-28-22-29(46)15-17-41(28,3)38(35)23-36(34)27(44)2/h5-13,26,29,34-35,37-39,46H,14-25H2,1-4H3/t26-,29-,34-,35-,38-,39+,41-,42+,43+,44-/m0/s1. The lowest BCUT2D eigenvalue weighted by Gasteiger charge is -2.65. The average Bonchev–Trinajstić information content (AvgIpc) is 3.68. The maximum atomic E-state index is 14.5. The van der Waals surface area contributed by atoms with Crippen LogP contribution in [0.15, 0.2) is 71.3 Å². The molecular weight excluding hydrogens is 606 g/mol. The van der Waals surface area contributed by atoms with E-state index in [1.807, 2.05) is 0 Å². The molecule has 5 heteroatoms. The van der Waals surface area contributed by atoms with E-state index >= 15 is 0 Å². The van der Waals surface area contributed by atoms with Crippen LogP contribution in [0, 0.1) is 34.5 Å². The first kappa shape index (κ1) is 30.9. The summed E-state index contributed by atoms with van der Waals surface area (Å²) in [5.41, 5.74) is 9.20. The minimum absolute atomic E-state index is 0.0388. The van der Waals surface area contributed by atoms with Crippen LogP contribution < -0.4 is 0 Å². The predicted molar refractivity (Wildman–Crippen MR) is 191 cm³/mol. The Hall–Kier alpha value is -2.89. The van der Waals surface area contributed by atoms with E-state index in [1.54, 1.807) is 5.57 Å². The largest absolute Gasteiger partial charge is 0.448 e. The molecule has 49 heavy (non-hydrogen) atoms. The number of ether oxygens (including phenoxy) is 2. The molecule has 2 saturated heterocycles. The maximum absolute atomic E-state index is 14.5. The number of aliphatic hydroxyl groups excluding tert-OH is 1. The third-order valence-corrected chi connectivity index (χ3v) is 16.3. The van der Waals surface area contributed by atoms with Crippen molar-refractivity contribution in [3.05, 3.63) is 82.5 Å². The van der Waals surface area contributed by atoms with E-state index in [4.69, 9.17) is 9.47 Å². The lowest BCUT2D eigenvalue weighted by atomic mass is 9.44. The highest BCUT2D eigenvalue weighted by atomic mass is 16.6. The van der Waals surface area contributed by atoms with Crippen LogP contribution in [0.5, 0.6) is 0 Å². The van der Waals surface area contributed by atoms with E-state index < -0.39 is 0 Å². The van der Waals surface area contributed by atoms with Crippen LogP contribution in [-0.4, -0.2) is 52.6 Å². The highest BCUT2D eigenvalue weighted by Crippen LogP contribution is 2.75. The number of nitrogens with zero attached hydrogens (tertiary/aromatic N) is 1. The van der Waals surface area contributed by atoms with Crippen LogP contribution >= 0.6 is 0 Å². The summed E-state index contributed by atoms with van der Waals surface area (Å²) in [6.45, 7) is 10.8. The molecule has 0 unspecified atom stereocenters. The number of rotatable bonds is 2. The van der Waals surface area contributed by atoms with Gasteiger partial charge in [-0.1, -0.05) is 86.5 Å². The van der Waals surface area contributed by atoms with Crippen molar-refractivity contribution in [2.45, 2.75) is 121 Å². The number of carbonyl (C=O) groups is 1. The molecule has 2 aliphatic heterocycles. The fourth-order valence-corrected chi connectivity index (χ4v) is 13.8. The molecule has 1 N–H and O–H groups in total. The Morgan fingerprint density at radius 3 is 2.43 bits per heavy atom. The quantitative estimate of drug-likeness (QED) is 0.327. The summed E-state index contributed by atoms with van der Waals surface area (Å²) in [6, 6.07) is 17.2. The molecule has 10 atom stereocenters. The number of benzene rings is 2. The van der Waals surface area contributed by atoms with Crippen LogP contribution in [-0.2, 0) is 9.47 Å². The fourth-order valence-electron chi connectivity index (χ4n) is 13.8. The molecule has 6 aliphatic carbocycles. The molecule has 8 aliphatic rings. The summed E-state index contributed by atoms with van der Waals surface area (Å²) in [7, 11) is 0. The molecule has 2 aromatic carbocycles. The van der Waals surface area contributed by atoms with E-state index in [0.29, 0.717) is 30.3 Å². The van der Waals surface area contributed by atoms with Gasteiger partial charge < -0.3 is 14.6 Å². The normalized spacial score (nSPS) is 43.0. The molecule has 2 aromatic rings. The van der Waals surface area contributed by atoms with Crippen LogP contribution in [0.2, 0.25) is 0 Å². The van der Waals surface area contributed by atoms with Gasteiger partial charge in [-0.25, -0.2) is 4.79 Å². The average molecular weight is 660 g/mol. The summed E-state index contributed by atoms with van der Waals surface area (Å²) in [6.07, 6.45) is 12.8. The topological polar surface area (TPSA) is 59.0 Å². The van der Waals surface area contributed by atoms with E-state index in [1.165, 1.54) is 46.2 Å². The first-order valence-corrected chi connectivity index (χ1v) is 19.5. The van der Waals surface area contributed by atoms with Crippen molar-refractivity contribution in [1.29, 1.82) is 0 Å². The second-order valence-electron chi connectivity index (χ2n) is 18.0. The zero-order chi connectivity index (χ0) is 33.5. The lowest BCUT2D eigenvalue weighted by Crippen LogP contribution is -2.75. The molecule has 0 aromatic heterocycles. The van der Waals surface area contributed by atoms with E-state index in [0.717, 1.165) is 57.9 Å². The van der Waals surface area contributed by atoms with Crippen molar-refractivity contribution in [2.24, 2.45) is 34.5 Å². The number of amides is 1. The number of fused-ring (bicyclic) bond motifs is 9. The van der Waals surface area contributed by atoms with Gasteiger partial charge in [0.25, 0.3) is 0 Å². The third-order valence-electron chi connectivity index (χ3n) is 16.3. The number of piperidine rings is 1. The third kappa shape index (κ3) is 3.77. The molecule has 5 nitrogen and oxygen atoms in total. The van der Waals surface area contributed by atoms with Gasteiger partial charge in [0.15, 0.2) is 0 Å². The Morgan fingerprint density at radius 2 is 1.71 bits per heavy atom. The summed E-state index contributed by atoms with van der Waals surface area (Å²) in [4.78, 5) is 16.7. The van der Waals surface area contributed by atoms with Gasteiger partial charge in [0, 0.05) is 17.9 Å². The van der Waals surface area contributed by atoms with E-state index in [-0.39, 0.29) is 46.2 Å². The fraction of sp³-hybridized carbons (Fsp3) is 0.614. The van der Waals surface area contributed by atoms with Gasteiger partial charge >= 0.3 is 6.09 Å². The number of allylic oxidation sites excluding steroid dienone is 2. The van der Waals surface area contributed by atoms with Crippen molar-refractivity contribution in [3.63, 3.8) is 0 Å². The first-order chi connectivity index (χ1) is 23.6. The smallest absolute Gasteiger partial charge is 0.410 e. The second-order valence-corrected chi connectivity index (χ2v) is 18.0. The minimum Gasteiger partial charge on any atom is -0.448 e. The van der Waals surface area contributed by atoms with E-state index in [9.17, 15) is 9.90 Å². The lowest BCUT2D eigenvalue weighted by molar-refractivity contribution is -0.128. The molecule has 2 spiro atoms. The van der Waals surface area contributed by atoms with Gasteiger partial charge in [0.05, 0.1) is 23.3 Å². The molecule has 3 saturated carbocycles. The van der Waals surface area contributed by atoms with Gasteiger partial charge in [-0.3, -0.25) is 4.90 Å². The van der Waals surface area contributed by atoms with Gasteiger partial charge in [-0.05, 0) is 128 Å². The monoisotopic (exact) mass is 659 g/mol. The van der Waals surface area contributed by atoms with Gasteiger partial charge in [-0.2, -0.15) is 0 Å². The Morgan fingerprint density at radius 1 is 0.980 bits per heavy atom. The van der Waals surface area contributed by atoms with Gasteiger partial charge in [0.2, 0.25) is 0 Å². The number of carbonyl (C=O) groups excluding carboxylic acids is 1. The Balaban J connectivity index is 0.959. The molecular formula is C44H53NO4. The zero-order valence-electron chi connectivity index (χ0n) is 29.8. The summed E-state index contributed by atoms with van der Waals surface area (Å²) in [5.74, 6) is 2.42. The number of aliphatic hydroxyl groups is 1. The Kier molecular flexibility index (Phi) is 6.52. The highest BCUT2D eigenvalue weighted by molar-refractivity contribution is 5.79. The summed E-state index contributed by atoms with van der Waals surface area (Å²) in [5, 5.41) is 10.5. The van der Waals surface area contributed by atoms with Gasteiger partial charge in [0.1, 0.15) is 6.61 Å². The molecule has 1 amide bonds. The Labute approximate surface area is 292 Å². The number of hydrogen-bond acceptors (Lipinski definition) is 4. The Bertz CT molecular complexity index is 1770. The van der Waals surface area contributed by atoms with Crippen LogP contribution in [0.3, 0.4) is 0 Å². The first-order valence-electron chi connectivity index (χ1n) is 19.5. The maximum Gasteiger partial charge on any atom is 0.410 e. The van der Waals surface area contributed by atoms with Crippen molar-refractivity contribution in [1.82, 2.24) is 4.90 Å². The van der Waals surface area contributed by atoms with Crippen LogP contribution in [0.25, 0.3) is 11.1 Å². The SMILES string of the molecule is CC1=C2C[C@H]3[C@@H](CC=C4C[C@@H](O)CC[C@@]43C)[C@@H]2CC[C@]12O[C@@H]1C[C@H](C)CN(C(=O)OCC3c4ccccc4-c4ccccc43)[C@]13CC[C@@]23C. The molecule has 5 fully saturated rings. The zero-order valence-corrected chi connectivity index (χ0v) is 29.8. The van der Waals surface area contributed by atoms with Crippen molar-refractivity contribution in [3.8, 4) is 11.1 Å². The summed E-state index contributed by atoms with van der Waals surface area (Å²) < 4.78 is 14.0. The van der Waals surface area contributed by atoms with Crippen molar-refractivity contribution < 1.29 is 19.4 Å². The molecule has 10 rings (SSSR count). The number of likely N-dealkylation sites (tertiary alicyclic amines) is 1. The van der Waals surface area contributed by atoms with Crippen LogP contribution in [0.4, 0.5) is 4.79 Å². The number of hydrogen-bond donors (Lipinski definition) is 1. The van der Waals surface area contributed by atoms with Crippen molar-refractivity contribution in [2.75, 3.05) is 13.2 Å². The predicted octanol–water partition coefficient (Wildman–Crippen LogP) is 9.20. The summed E-state index contributed by atoms with van der Waals surface area (Å²) >= 11 is 0. The highest BCUT2D eigenvalue weighted by Gasteiger charge is 2.80. The van der Waals surface area contributed by atoms with Crippen LogP contribution in [0.1, 0.15) is 109 Å². The molecule has 0 bridgehead atoms. The van der Waals surface area contributed by atoms with E-state index in [2.05, 4.69) is 87.2 Å². The molecule has 258 valence electrons.